The van der Waals surface area contributed by atoms with Crippen LogP contribution in [-0.4, -0.2) is 31.6 Å². The van der Waals surface area contributed by atoms with Crippen molar-refractivity contribution < 1.29 is 9.53 Å². The fourth-order valence-electron chi connectivity index (χ4n) is 1.34. The van der Waals surface area contributed by atoms with Crippen LogP contribution in [0.15, 0.2) is 0 Å². The van der Waals surface area contributed by atoms with Crippen LogP contribution in [0.1, 0.15) is 19.3 Å². The summed E-state index contributed by atoms with van der Waals surface area (Å²) in [6.45, 7) is 2.14. The summed E-state index contributed by atoms with van der Waals surface area (Å²) in [5, 5.41) is 3.23. The Kier molecular flexibility index (Phi) is 4.52. The molecule has 0 radical (unpaired) electrons. The lowest BCUT2D eigenvalue weighted by molar-refractivity contribution is -0.125. The summed E-state index contributed by atoms with van der Waals surface area (Å²) in [6, 6.07) is 0. The van der Waals surface area contributed by atoms with Gasteiger partial charge in [-0.25, -0.2) is 0 Å². The summed E-state index contributed by atoms with van der Waals surface area (Å²) < 4.78 is 5.41. The monoisotopic (exact) mass is 181 g/mol. The first-order valence-corrected chi connectivity index (χ1v) is 4.60. The van der Waals surface area contributed by atoms with Crippen molar-refractivity contribution in [1.82, 2.24) is 5.32 Å². The molecule has 0 atom stereocenters. The molecule has 1 aliphatic rings. The van der Waals surface area contributed by atoms with Gasteiger partial charge in [-0.1, -0.05) is 5.92 Å². The number of terminal acetylenes is 1. The average Bonchev–Trinajstić information content (AvgIpc) is 2.17. The molecule has 3 heteroatoms. The van der Waals surface area contributed by atoms with Crippen LogP contribution in [0.4, 0.5) is 0 Å². The van der Waals surface area contributed by atoms with Gasteiger partial charge in [-0.15, -0.1) is 6.42 Å². The van der Waals surface area contributed by atoms with Gasteiger partial charge in [0.15, 0.2) is 5.78 Å². The predicted octanol–water partition coefficient (Wildman–Crippen LogP) is 0.347. The molecular weight excluding hydrogens is 166 g/mol. The summed E-state index contributed by atoms with van der Waals surface area (Å²) >= 11 is 0. The lowest BCUT2D eigenvalue weighted by atomic mass is 10.1. The lowest BCUT2D eigenvalue weighted by Gasteiger charge is -2.22. The Balaban J connectivity index is 2.10. The minimum Gasteiger partial charge on any atom is -0.370 e. The highest BCUT2D eigenvalue weighted by Gasteiger charge is 2.14. The van der Waals surface area contributed by atoms with E-state index in [1.807, 2.05) is 0 Å². The maximum absolute atomic E-state index is 11.0. The zero-order chi connectivity index (χ0) is 9.52. The fraction of sp³-hybridized carbons (Fsp3) is 0.700. The minimum atomic E-state index is 0.000956. The van der Waals surface area contributed by atoms with Gasteiger partial charge >= 0.3 is 0 Å². The van der Waals surface area contributed by atoms with Crippen LogP contribution in [0.3, 0.4) is 0 Å². The minimum absolute atomic E-state index is 0.000956. The first-order valence-electron chi connectivity index (χ1n) is 4.60. The smallest absolute Gasteiger partial charge is 0.170 e. The Labute approximate surface area is 78.8 Å². The first kappa shape index (κ1) is 10.2. The SMILES string of the molecule is C#CCC(=O)COC1CCNCC1. The van der Waals surface area contributed by atoms with Gasteiger partial charge in [0.2, 0.25) is 0 Å². The Morgan fingerprint density at radius 3 is 2.85 bits per heavy atom. The van der Waals surface area contributed by atoms with Gasteiger partial charge < -0.3 is 10.1 Å². The number of Topliss-reactive ketones (excluding diaryl/α,β-unsaturated/α-hetero) is 1. The number of carbonyl (C=O) groups is 1. The second-order valence-corrected chi connectivity index (χ2v) is 3.18. The third kappa shape index (κ3) is 4.07. The molecule has 72 valence electrons. The van der Waals surface area contributed by atoms with Crippen LogP contribution < -0.4 is 5.32 Å². The predicted molar refractivity (Wildman–Crippen MR) is 50.3 cm³/mol. The molecule has 13 heavy (non-hydrogen) atoms. The number of piperidine rings is 1. The first-order chi connectivity index (χ1) is 6.33. The molecule has 1 heterocycles. The van der Waals surface area contributed by atoms with Crippen molar-refractivity contribution in [2.45, 2.75) is 25.4 Å². The summed E-state index contributed by atoms with van der Waals surface area (Å²) in [6.07, 6.45) is 7.40. The Bertz CT molecular complexity index is 201. The number of nitrogens with one attached hydrogen (secondary N) is 1. The quantitative estimate of drug-likeness (QED) is 0.636. The van der Waals surface area contributed by atoms with Crippen molar-refractivity contribution in [1.29, 1.82) is 0 Å². The summed E-state index contributed by atoms with van der Waals surface area (Å²) in [4.78, 5) is 11.0. The standard InChI is InChI=1S/C10H15NO2/c1-2-3-9(12)8-13-10-4-6-11-7-5-10/h1,10-11H,3-8H2. The zero-order valence-corrected chi connectivity index (χ0v) is 7.71. The second kappa shape index (κ2) is 5.74. The third-order valence-electron chi connectivity index (χ3n) is 2.07. The third-order valence-corrected chi connectivity index (χ3v) is 2.07. The summed E-state index contributed by atoms with van der Waals surface area (Å²) in [5.41, 5.74) is 0. The number of ether oxygens (including phenoxy) is 1. The van der Waals surface area contributed by atoms with E-state index >= 15 is 0 Å². The van der Waals surface area contributed by atoms with E-state index in [1.165, 1.54) is 0 Å². The molecule has 0 amide bonds. The highest BCUT2D eigenvalue weighted by Crippen LogP contribution is 2.06. The molecule has 1 saturated heterocycles. The molecule has 0 aliphatic carbocycles. The molecule has 3 nitrogen and oxygen atoms in total. The van der Waals surface area contributed by atoms with Crippen molar-refractivity contribution >= 4 is 5.78 Å². The van der Waals surface area contributed by atoms with Crippen molar-refractivity contribution in [3.63, 3.8) is 0 Å². The normalized spacial score (nSPS) is 18.1. The van der Waals surface area contributed by atoms with Gasteiger partial charge in [0, 0.05) is 0 Å². The van der Waals surface area contributed by atoms with Gasteiger partial charge in [0.25, 0.3) is 0 Å². The molecule has 0 aromatic rings. The fourth-order valence-corrected chi connectivity index (χ4v) is 1.34. The van der Waals surface area contributed by atoms with Gasteiger partial charge in [0.05, 0.1) is 12.5 Å². The number of rotatable bonds is 4. The van der Waals surface area contributed by atoms with Crippen LogP contribution in [0.5, 0.6) is 0 Å². The van der Waals surface area contributed by atoms with E-state index in [0.29, 0.717) is 0 Å². The van der Waals surface area contributed by atoms with E-state index in [1.54, 1.807) is 0 Å². The Morgan fingerprint density at radius 2 is 2.23 bits per heavy atom. The lowest BCUT2D eigenvalue weighted by Crippen LogP contribution is -2.33. The topological polar surface area (TPSA) is 38.3 Å². The van der Waals surface area contributed by atoms with Crippen LogP contribution in [-0.2, 0) is 9.53 Å². The van der Waals surface area contributed by atoms with E-state index < -0.39 is 0 Å². The molecular formula is C10H15NO2. The average molecular weight is 181 g/mol. The van der Waals surface area contributed by atoms with Gasteiger partial charge in [0.1, 0.15) is 6.61 Å². The van der Waals surface area contributed by atoms with Crippen LogP contribution in [0, 0.1) is 12.3 Å². The highest BCUT2D eigenvalue weighted by molar-refractivity contribution is 5.81. The van der Waals surface area contributed by atoms with Crippen LogP contribution in [0.25, 0.3) is 0 Å². The molecule has 1 N–H and O–H groups in total. The molecule has 0 spiro atoms. The van der Waals surface area contributed by atoms with Crippen molar-refractivity contribution in [2.24, 2.45) is 0 Å². The van der Waals surface area contributed by atoms with Crippen molar-refractivity contribution in [2.75, 3.05) is 19.7 Å². The molecule has 0 aromatic carbocycles. The highest BCUT2D eigenvalue weighted by atomic mass is 16.5. The Hall–Kier alpha value is -0.850. The van der Waals surface area contributed by atoms with Crippen molar-refractivity contribution in [3.8, 4) is 12.3 Å². The molecule has 0 bridgehead atoms. The second-order valence-electron chi connectivity index (χ2n) is 3.18. The molecule has 0 aromatic heterocycles. The molecule has 0 unspecified atom stereocenters. The largest absolute Gasteiger partial charge is 0.370 e. The molecule has 1 fully saturated rings. The molecule has 1 rings (SSSR count). The van der Waals surface area contributed by atoms with Crippen LogP contribution in [0.2, 0.25) is 0 Å². The van der Waals surface area contributed by atoms with Crippen LogP contribution >= 0.6 is 0 Å². The molecule has 1 aliphatic heterocycles. The van der Waals surface area contributed by atoms with Gasteiger partial charge in [-0.2, -0.15) is 0 Å². The van der Waals surface area contributed by atoms with E-state index in [9.17, 15) is 4.79 Å². The number of ketones is 1. The van der Waals surface area contributed by atoms with E-state index in [2.05, 4.69) is 11.2 Å². The van der Waals surface area contributed by atoms with E-state index in [-0.39, 0.29) is 24.9 Å². The number of carbonyl (C=O) groups excluding carboxylic acids is 1. The van der Waals surface area contributed by atoms with E-state index in [4.69, 9.17) is 11.2 Å². The number of hydrogen-bond donors (Lipinski definition) is 1. The summed E-state index contributed by atoms with van der Waals surface area (Å²) in [5.74, 6) is 2.31. The summed E-state index contributed by atoms with van der Waals surface area (Å²) in [7, 11) is 0. The van der Waals surface area contributed by atoms with Crippen molar-refractivity contribution in [3.05, 3.63) is 0 Å². The number of hydrogen-bond acceptors (Lipinski definition) is 3. The van der Waals surface area contributed by atoms with Gasteiger partial charge in [-0.3, -0.25) is 4.79 Å². The Morgan fingerprint density at radius 1 is 1.54 bits per heavy atom. The maximum Gasteiger partial charge on any atom is 0.170 e. The van der Waals surface area contributed by atoms with Gasteiger partial charge in [-0.05, 0) is 25.9 Å². The maximum atomic E-state index is 11.0. The van der Waals surface area contributed by atoms with E-state index in [0.717, 1.165) is 25.9 Å². The molecule has 0 saturated carbocycles. The zero-order valence-electron chi connectivity index (χ0n) is 7.71.